The molecule has 6 rings (SSSR count). The number of fused-ring (bicyclic) bond motifs is 1. The second kappa shape index (κ2) is 11.0. The number of hydrogen-bond acceptors (Lipinski definition) is 9. The molecule has 2 aromatic carbocycles. The number of nitrogens with zero attached hydrogens (tertiary/aromatic N) is 4. The Bertz CT molecular complexity index is 1920. The average Bonchev–Trinajstić information content (AvgIpc) is 3.44. The Morgan fingerprint density at radius 1 is 0.711 bits per heavy atom. The molecule has 0 N–H and O–H groups in total. The molecule has 0 unspecified atom stereocenters. The summed E-state index contributed by atoms with van der Waals surface area (Å²) in [5.41, 5.74) is -0.178. The normalized spacial score (nSPS) is 17.0. The summed E-state index contributed by atoms with van der Waals surface area (Å²) >= 11 is 0. The smallest absolute Gasteiger partial charge is 0.349 e. The molecule has 0 spiro atoms. The summed E-state index contributed by atoms with van der Waals surface area (Å²) in [5, 5.41) is 0.545. The quantitative estimate of drug-likeness (QED) is 0.312. The van der Waals surface area contributed by atoms with Gasteiger partial charge in [-0.05, 0) is 50.2 Å². The van der Waals surface area contributed by atoms with Crippen LogP contribution in [0.4, 0.5) is 11.4 Å². The Hall–Kier alpha value is -5.85. The number of ether oxygens (including phenoxy) is 1. The Labute approximate surface area is 255 Å². The number of anilines is 2. The van der Waals surface area contributed by atoms with Crippen molar-refractivity contribution in [1.29, 1.82) is 0 Å². The fourth-order valence-electron chi connectivity index (χ4n) is 5.47. The number of carbonyl (C=O) groups excluding carboxylic acids is 6. The molecule has 1 saturated heterocycles. The molecule has 0 radical (unpaired) electrons. The van der Waals surface area contributed by atoms with Gasteiger partial charge in [-0.2, -0.15) is 0 Å². The Balaban J connectivity index is 1.24. The number of amides is 6. The number of carbonyl (C=O) groups is 6. The highest BCUT2D eigenvalue weighted by Gasteiger charge is 2.35. The average molecular weight is 611 g/mol. The first-order valence-corrected chi connectivity index (χ1v) is 14.0. The van der Waals surface area contributed by atoms with Crippen LogP contribution in [0.25, 0.3) is 11.0 Å². The van der Waals surface area contributed by atoms with E-state index in [1.165, 1.54) is 55.0 Å². The summed E-state index contributed by atoms with van der Waals surface area (Å²) in [5.74, 6) is -2.96. The molecule has 0 saturated carbocycles. The lowest BCUT2D eigenvalue weighted by molar-refractivity contribution is -0.121. The van der Waals surface area contributed by atoms with Crippen LogP contribution in [0, 0.1) is 0 Å². The summed E-state index contributed by atoms with van der Waals surface area (Å²) in [6.45, 7) is 3.38. The lowest BCUT2D eigenvalue weighted by atomic mass is 10.1. The van der Waals surface area contributed by atoms with Crippen molar-refractivity contribution in [3.8, 4) is 5.75 Å². The van der Waals surface area contributed by atoms with Crippen molar-refractivity contribution >= 4 is 57.8 Å². The third-order valence-corrected chi connectivity index (χ3v) is 7.90. The Morgan fingerprint density at radius 3 is 1.73 bits per heavy atom. The van der Waals surface area contributed by atoms with Crippen molar-refractivity contribution < 1.29 is 37.9 Å². The standard InChI is InChI=1S/C32H26N4O9/c1-17-10-26(37)35(28(17)39)21-12-20(13-22(15-21)36-27(38)11-18(2)29(36)40)30(41)33-6-8-34(9-7-33)31(42)24-14-19-4-5-23(44-3)16-25(19)45-32(24)43/h4-5,10-16H,6-9H2,1-3H3. The monoisotopic (exact) mass is 610 g/mol. The van der Waals surface area contributed by atoms with Gasteiger partial charge in [0.1, 0.15) is 16.9 Å². The fraction of sp³-hybridized carbons (Fsp3) is 0.219. The maximum Gasteiger partial charge on any atom is 0.349 e. The first kappa shape index (κ1) is 29.2. The van der Waals surface area contributed by atoms with Crippen molar-refractivity contribution in [2.45, 2.75) is 13.8 Å². The van der Waals surface area contributed by atoms with Crippen LogP contribution in [-0.2, 0) is 19.2 Å². The van der Waals surface area contributed by atoms with Gasteiger partial charge in [0.25, 0.3) is 35.4 Å². The van der Waals surface area contributed by atoms with Crippen molar-refractivity contribution in [2.75, 3.05) is 43.1 Å². The third kappa shape index (κ3) is 5.07. The predicted octanol–water partition coefficient (Wildman–Crippen LogP) is 2.04. The minimum atomic E-state index is -0.796. The number of piperazine rings is 1. The largest absolute Gasteiger partial charge is 0.497 e. The maximum atomic E-state index is 13.7. The number of hydrogen-bond donors (Lipinski definition) is 0. The van der Waals surface area contributed by atoms with E-state index in [4.69, 9.17) is 9.15 Å². The molecule has 1 aromatic heterocycles. The zero-order chi connectivity index (χ0) is 32.2. The summed E-state index contributed by atoms with van der Waals surface area (Å²) in [6, 6.07) is 10.4. The van der Waals surface area contributed by atoms with Crippen LogP contribution in [0.5, 0.6) is 5.75 Å². The topological polar surface area (TPSA) is 155 Å². The van der Waals surface area contributed by atoms with E-state index in [2.05, 4.69) is 0 Å². The van der Waals surface area contributed by atoms with Gasteiger partial charge in [-0.3, -0.25) is 28.8 Å². The van der Waals surface area contributed by atoms with Gasteiger partial charge in [0.2, 0.25) is 0 Å². The van der Waals surface area contributed by atoms with E-state index < -0.39 is 41.1 Å². The van der Waals surface area contributed by atoms with Gasteiger partial charge in [-0.25, -0.2) is 14.6 Å². The van der Waals surface area contributed by atoms with Crippen LogP contribution < -0.4 is 20.2 Å². The van der Waals surface area contributed by atoms with Gasteiger partial charge in [0, 0.05) is 66.5 Å². The van der Waals surface area contributed by atoms with Gasteiger partial charge in [0.05, 0.1) is 18.5 Å². The van der Waals surface area contributed by atoms with Gasteiger partial charge >= 0.3 is 5.63 Å². The molecule has 13 nitrogen and oxygen atoms in total. The van der Waals surface area contributed by atoms with E-state index in [1.807, 2.05) is 0 Å². The molecule has 3 aliphatic rings. The van der Waals surface area contributed by atoms with E-state index in [-0.39, 0.29) is 65.4 Å². The number of rotatable bonds is 5. The van der Waals surface area contributed by atoms with E-state index in [9.17, 15) is 33.6 Å². The summed E-state index contributed by atoms with van der Waals surface area (Å²) < 4.78 is 10.5. The molecule has 4 heterocycles. The number of benzene rings is 2. The van der Waals surface area contributed by atoms with Gasteiger partial charge < -0.3 is 19.0 Å². The van der Waals surface area contributed by atoms with Crippen molar-refractivity contribution in [2.24, 2.45) is 0 Å². The molecular weight excluding hydrogens is 584 g/mol. The maximum absolute atomic E-state index is 13.7. The van der Waals surface area contributed by atoms with Crippen molar-refractivity contribution in [3.05, 3.63) is 87.3 Å². The highest BCUT2D eigenvalue weighted by Crippen LogP contribution is 2.32. The molecule has 228 valence electrons. The minimum Gasteiger partial charge on any atom is -0.497 e. The van der Waals surface area contributed by atoms with Gasteiger partial charge in [-0.1, -0.05) is 0 Å². The summed E-state index contributed by atoms with van der Waals surface area (Å²) in [4.78, 5) is 95.1. The van der Waals surface area contributed by atoms with E-state index in [1.54, 1.807) is 18.2 Å². The fourth-order valence-corrected chi connectivity index (χ4v) is 5.47. The molecule has 0 atom stereocenters. The first-order chi connectivity index (χ1) is 21.5. The van der Waals surface area contributed by atoms with Gasteiger partial charge in [0.15, 0.2) is 0 Å². The van der Waals surface area contributed by atoms with Crippen LogP contribution in [0.1, 0.15) is 34.6 Å². The third-order valence-electron chi connectivity index (χ3n) is 7.90. The van der Waals surface area contributed by atoms with E-state index >= 15 is 0 Å². The predicted molar refractivity (Wildman–Crippen MR) is 160 cm³/mol. The highest BCUT2D eigenvalue weighted by molar-refractivity contribution is 6.32. The van der Waals surface area contributed by atoms with Crippen LogP contribution in [0.3, 0.4) is 0 Å². The first-order valence-electron chi connectivity index (χ1n) is 14.0. The Morgan fingerprint density at radius 2 is 1.24 bits per heavy atom. The highest BCUT2D eigenvalue weighted by atomic mass is 16.5. The van der Waals surface area contributed by atoms with Crippen molar-refractivity contribution in [3.63, 3.8) is 0 Å². The second-order valence-corrected chi connectivity index (χ2v) is 10.8. The Kier molecular flexibility index (Phi) is 7.15. The molecule has 0 bridgehead atoms. The van der Waals surface area contributed by atoms with Crippen LogP contribution >= 0.6 is 0 Å². The van der Waals surface area contributed by atoms with E-state index in [0.29, 0.717) is 11.1 Å². The number of methoxy groups -OCH3 is 1. The van der Waals surface area contributed by atoms with Gasteiger partial charge in [-0.15, -0.1) is 0 Å². The van der Waals surface area contributed by atoms with Crippen LogP contribution in [0.2, 0.25) is 0 Å². The molecule has 6 amide bonds. The van der Waals surface area contributed by atoms with E-state index in [0.717, 1.165) is 22.0 Å². The molecule has 3 aromatic rings. The second-order valence-electron chi connectivity index (χ2n) is 10.8. The summed E-state index contributed by atoms with van der Waals surface area (Å²) in [7, 11) is 1.48. The molecule has 3 aliphatic heterocycles. The molecule has 45 heavy (non-hydrogen) atoms. The molecule has 13 heteroatoms. The minimum absolute atomic E-state index is 0.0265. The molecule has 1 fully saturated rings. The molecule has 0 aliphatic carbocycles. The van der Waals surface area contributed by atoms with Crippen LogP contribution in [-0.4, -0.2) is 78.5 Å². The molecular formula is C32H26N4O9. The number of imide groups is 2. The zero-order valence-electron chi connectivity index (χ0n) is 24.5. The SMILES string of the molecule is COc1ccc2cc(C(=O)N3CCN(C(=O)c4cc(N5C(=O)C=C(C)C5=O)cc(N5C(=O)C=C(C)C5=O)c4)CC3)c(=O)oc2c1. The summed E-state index contributed by atoms with van der Waals surface area (Å²) in [6.07, 6.45) is 2.33. The van der Waals surface area contributed by atoms with Crippen LogP contribution in [0.15, 0.2) is 75.0 Å². The van der Waals surface area contributed by atoms with Crippen molar-refractivity contribution in [1.82, 2.24) is 9.80 Å². The zero-order valence-corrected chi connectivity index (χ0v) is 24.5. The lowest BCUT2D eigenvalue weighted by Gasteiger charge is -2.35. The lowest BCUT2D eigenvalue weighted by Crippen LogP contribution is -2.51.